The molecular formula is C28H32O14. The van der Waals surface area contributed by atoms with Gasteiger partial charge in [0.2, 0.25) is 11.7 Å². The van der Waals surface area contributed by atoms with Crippen LogP contribution in [0.15, 0.2) is 51.9 Å². The number of hydrogen-bond donors (Lipinski definition) is 7. The number of aliphatic hydroxyl groups is 6. The van der Waals surface area contributed by atoms with Crippen LogP contribution in [0.4, 0.5) is 0 Å². The number of phenols is 1. The van der Waals surface area contributed by atoms with E-state index in [9.17, 15) is 40.5 Å². The third-order valence-corrected chi connectivity index (χ3v) is 7.39. The van der Waals surface area contributed by atoms with Gasteiger partial charge in [0.05, 0.1) is 25.4 Å². The van der Waals surface area contributed by atoms with Gasteiger partial charge in [-0.2, -0.15) is 0 Å². The molecule has 228 valence electrons. The second kappa shape index (κ2) is 12.1. The van der Waals surface area contributed by atoms with Crippen molar-refractivity contribution in [2.24, 2.45) is 0 Å². The van der Waals surface area contributed by atoms with Crippen LogP contribution in [0.2, 0.25) is 0 Å². The maximum Gasteiger partial charge on any atom is 0.229 e. The molecule has 2 saturated heterocycles. The summed E-state index contributed by atoms with van der Waals surface area (Å²) < 4.78 is 32.8. The van der Waals surface area contributed by atoms with Gasteiger partial charge in [-0.25, -0.2) is 0 Å². The van der Waals surface area contributed by atoms with Crippen molar-refractivity contribution in [2.75, 3.05) is 13.7 Å². The predicted molar refractivity (Wildman–Crippen MR) is 142 cm³/mol. The van der Waals surface area contributed by atoms with Crippen molar-refractivity contribution in [2.45, 2.75) is 68.3 Å². The Balaban J connectivity index is 1.33. The Bertz CT molecular complexity index is 1440. The first-order valence-corrected chi connectivity index (χ1v) is 13.1. The smallest absolute Gasteiger partial charge is 0.229 e. The largest absolute Gasteiger partial charge is 0.507 e. The SMILES string of the molecule is COc1ccc(-c2coc3cc(O[C@@H]4O[C@@H](CO[C@@H]5O[C@@H](C)[C@@H](O)[C@H](O)[C@@H]5O)[C@H](O)[C@H](O)[C@@H]4O)cc(O)c3c2=O)cc1. The molecule has 3 heterocycles. The zero-order valence-corrected chi connectivity index (χ0v) is 22.5. The van der Waals surface area contributed by atoms with Crippen LogP contribution in [0.3, 0.4) is 0 Å². The second-order valence-corrected chi connectivity index (χ2v) is 10.2. The van der Waals surface area contributed by atoms with E-state index in [-0.39, 0.29) is 22.3 Å². The van der Waals surface area contributed by atoms with Crippen LogP contribution in [0.25, 0.3) is 22.1 Å². The molecule has 7 N–H and O–H groups in total. The average molecular weight is 593 g/mol. The Hall–Kier alpha value is -3.31. The Morgan fingerprint density at radius 1 is 0.810 bits per heavy atom. The first kappa shape index (κ1) is 30.2. The number of benzene rings is 2. The van der Waals surface area contributed by atoms with Gasteiger partial charge in [0.25, 0.3) is 0 Å². The van der Waals surface area contributed by atoms with Crippen molar-refractivity contribution in [3.05, 3.63) is 52.9 Å². The summed E-state index contributed by atoms with van der Waals surface area (Å²) in [5.74, 6) is 0.0283. The average Bonchev–Trinajstić information content (AvgIpc) is 2.98. The summed E-state index contributed by atoms with van der Waals surface area (Å²) in [5.41, 5.74) is 0.200. The van der Waals surface area contributed by atoms with Crippen molar-refractivity contribution >= 4 is 11.0 Å². The van der Waals surface area contributed by atoms with E-state index in [1.54, 1.807) is 24.3 Å². The van der Waals surface area contributed by atoms with E-state index >= 15 is 0 Å². The third kappa shape index (κ3) is 5.68. The Morgan fingerprint density at radius 3 is 2.17 bits per heavy atom. The van der Waals surface area contributed by atoms with Gasteiger partial charge in [0.15, 0.2) is 6.29 Å². The minimum atomic E-state index is -1.75. The monoisotopic (exact) mass is 592 g/mol. The van der Waals surface area contributed by atoms with E-state index in [2.05, 4.69) is 0 Å². The third-order valence-electron chi connectivity index (χ3n) is 7.39. The quantitative estimate of drug-likeness (QED) is 0.179. The summed E-state index contributed by atoms with van der Waals surface area (Å²) in [6.07, 6.45) is -13.6. The number of phenolic OH excluding ortho intramolecular Hbond substituents is 1. The number of ether oxygens (including phenoxy) is 5. The van der Waals surface area contributed by atoms with Gasteiger partial charge in [-0.15, -0.1) is 0 Å². The highest BCUT2D eigenvalue weighted by Gasteiger charge is 2.47. The zero-order valence-electron chi connectivity index (χ0n) is 22.5. The molecule has 0 spiro atoms. The van der Waals surface area contributed by atoms with Crippen molar-refractivity contribution in [1.29, 1.82) is 0 Å². The number of aromatic hydroxyl groups is 1. The van der Waals surface area contributed by atoms with E-state index in [1.807, 2.05) is 0 Å². The molecule has 0 bridgehead atoms. The minimum Gasteiger partial charge on any atom is -0.507 e. The highest BCUT2D eigenvalue weighted by atomic mass is 16.7. The van der Waals surface area contributed by atoms with Crippen LogP contribution in [-0.2, 0) is 14.2 Å². The summed E-state index contributed by atoms with van der Waals surface area (Å²) >= 11 is 0. The lowest BCUT2D eigenvalue weighted by atomic mass is 9.98. The van der Waals surface area contributed by atoms with Gasteiger partial charge < -0.3 is 63.8 Å². The number of aliphatic hydroxyl groups excluding tert-OH is 6. The summed E-state index contributed by atoms with van der Waals surface area (Å²) in [5, 5.41) is 71.9. The first-order valence-electron chi connectivity index (χ1n) is 13.1. The van der Waals surface area contributed by atoms with Crippen molar-refractivity contribution in [1.82, 2.24) is 0 Å². The minimum absolute atomic E-state index is 0.0312. The summed E-state index contributed by atoms with van der Waals surface area (Å²) in [4.78, 5) is 13.2. The molecule has 10 atom stereocenters. The fraction of sp³-hybridized carbons (Fsp3) is 0.464. The molecule has 0 amide bonds. The van der Waals surface area contributed by atoms with Crippen LogP contribution in [-0.4, -0.2) is 111 Å². The highest BCUT2D eigenvalue weighted by molar-refractivity contribution is 5.88. The Kier molecular flexibility index (Phi) is 8.71. The number of methoxy groups -OCH3 is 1. The molecule has 1 aromatic heterocycles. The Morgan fingerprint density at radius 2 is 1.48 bits per heavy atom. The normalized spacial score (nSPS) is 33.4. The van der Waals surface area contributed by atoms with Crippen LogP contribution >= 0.6 is 0 Å². The Labute approximate surface area is 238 Å². The molecule has 0 radical (unpaired) electrons. The molecule has 2 aliphatic rings. The van der Waals surface area contributed by atoms with Gasteiger partial charge in [-0.3, -0.25) is 4.79 Å². The molecule has 2 aromatic carbocycles. The first-order chi connectivity index (χ1) is 20.0. The van der Waals surface area contributed by atoms with E-state index < -0.39 is 79.2 Å². The topological polar surface area (TPSA) is 218 Å². The fourth-order valence-corrected chi connectivity index (χ4v) is 4.87. The molecule has 0 saturated carbocycles. The maximum absolute atomic E-state index is 13.2. The molecule has 14 heteroatoms. The zero-order chi connectivity index (χ0) is 30.3. The lowest BCUT2D eigenvalue weighted by Crippen LogP contribution is -2.61. The maximum atomic E-state index is 13.2. The predicted octanol–water partition coefficient (Wildman–Crippen LogP) is -0.795. The van der Waals surface area contributed by atoms with Gasteiger partial charge in [-0.05, 0) is 24.6 Å². The molecule has 2 fully saturated rings. The number of hydrogen-bond acceptors (Lipinski definition) is 14. The molecule has 5 rings (SSSR count). The summed E-state index contributed by atoms with van der Waals surface area (Å²) in [6.45, 7) is 0.987. The standard InChI is InChI=1S/C28H32O14/c1-11-20(30)23(33)25(35)27(40-11)39-10-18-22(32)24(34)26(36)28(42-18)41-14-7-16(29)19-17(8-14)38-9-15(21(19)31)12-3-5-13(37-2)6-4-12/h3-9,11,18,20,22-30,32-36H,10H2,1-2H3/t11-,18-,20+,22-,23-,24-,25-,26-,27+,28+/m0/s1. The van der Waals surface area contributed by atoms with Crippen LogP contribution in [0, 0.1) is 0 Å². The van der Waals surface area contributed by atoms with Gasteiger partial charge in [0.1, 0.15) is 77.2 Å². The van der Waals surface area contributed by atoms with Gasteiger partial charge in [0, 0.05) is 12.1 Å². The molecule has 0 unspecified atom stereocenters. The molecule has 2 aliphatic heterocycles. The van der Waals surface area contributed by atoms with E-state index in [4.69, 9.17) is 28.1 Å². The lowest BCUT2D eigenvalue weighted by molar-refractivity contribution is -0.318. The number of fused-ring (bicyclic) bond motifs is 1. The molecule has 14 nitrogen and oxygen atoms in total. The van der Waals surface area contributed by atoms with Gasteiger partial charge in [-0.1, -0.05) is 12.1 Å². The second-order valence-electron chi connectivity index (χ2n) is 10.2. The van der Waals surface area contributed by atoms with Crippen LogP contribution in [0.1, 0.15) is 6.92 Å². The summed E-state index contributed by atoms with van der Waals surface area (Å²) in [6, 6.07) is 9.07. The van der Waals surface area contributed by atoms with Crippen LogP contribution in [0.5, 0.6) is 17.2 Å². The van der Waals surface area contributed by atoms with Crippen molar-refractivity contribution in [3.63, 3.8) is 0 Å². The van der Waals surface area contributed by atoms with Crippen LogP contribution < -0.4 is 14.9 Å². The van der Waals surface area contributed by atoms with Gasteiger partial charge >= 0.3 is 0 Å². The highest BCUT2D eigenvalue weighted by Crippen LogP contribution is 2.33. The molecular weight excluding hydrogens is 560 g/mol. The number of rotatable bonds is 7. The van der Waals surface area contributed by atoms with E-state index in [0.717, 1.165) is 6.07 Å². The van der Waals surface area contributed by atoms with E-state index in [0.29, 0.717) is 11.3 Å². The van der Waals surface area contributed by atoms with E-state index in [1.165, 1.54) is 26.4 Å². The fourth-order valence-electron chi connectivity index (χ4n) is 4.87. The summed E-state index contributed by atoms with van der Waals surface area (Å²) in [7, 11) is 1.52. The molecule has 0 aliphatic carbocycles. The lowest BCUT2D eigenvalue weighted by Gasteiger charge is -2.42. The van der Waals surface area contributed by atoms with Crippen molar-refractivity contribution < 1.29 is 63.8 Å². The van der Waals surface area contributed by atoms with Crippen molar-refractivity contribution in [3.8, 4) is 28.4 Å². The molecule has 3 aromatic rings. The molecule has 42 heavy (non-hydrogen) atoms.